The molecule has 0 atom stereocenters. The van der Waals surface area contributed by atoms with E-state index >= 15 is 0 Å². The Morgan fingerprint density at radius 1 is 1.11 bits per heavy atom. The monoisotopic (exact) mass is 379 g/mol. The van der Waals surface area contributed by atoms with Crippen LogP contribution in [0.3, 0.4) is 0 Å². The highest BCUT2D eigenvalue weighted by atomic mass is 19.4. The number of nitrogens with one attached hydrogen (secondary N) is 2. The number of aromatic nitrogens is 1. The number of hydrogen-bond donors (Lipinski definition) is 2. The number of nitrogens with zero attached hydrogens (tertiary/aromatic N) is 1. The molecule has 2 rings (SSSR count). The largest absolute Gasteiger partial charge is 0.416 e. The van der Waals surface area contributed by atoms with Gasteiger partial charge in [-0.25, -0.2) is 0 Å². The molecule has 0 unspecified atom stereocenters. The van der Waals surface area contributed by atoms with Gasteiger partial charge in [-0.1, -0.05) is 19.9 Å². The summed E-state index contributed by atoms with van der Waals surface area (Å²) in [6.07, 6.45) is -2.38. The summed E-state index contributed by atoms with van der Waals surface area (Å²) in [4.78, 5) is 28.3. The molecule has 0 aliphatic rings. The van der Waals surface area contributed by atoms with Crippen molar-refractivity contribution in [3.8, 4) is 0 Å². The molecule has 27 heavy (non-hydrogen) atoms. The SMILES string of the molecule is CC(C)CCNC(=O)c1ccnc(C(=O)Nc2cccc(C(F)(F)F)c2)c1. The minimum Gasteiger partial charge on any atom is -0.352 e. The highest BCUT2D eigenvalue weighted by Crippen LogP contribution is 2.30. The van der Waals surface area contributed by atoms with Crippen LogP contribution in [0.25, 0.3) is 0 Å². The summed E-state index contributed by atoms with van der Waals surface area (Å²) in [6.45, 7) is 4.58. The number of halogens is 3. The van der Waals surface area contributed by atoms with Gasteiger partial charge in [0.05, 0.1) is 5.56 Å². The van der Waals surface area contributed by atoms with E-state index in [1.165, 1.54) is 30.5 Å². The minimum atomic E-state index is -4.51. The van der Waals surface area contributed by atoms with Gasteiger partial charge in [-0.05, 0) is 42.7 Å². The first-order chi connectivity index (χ1) is 12.7. The maximum absolute atomic E-state index is 12.8. The molecule has 2 N–H and O–H groups in total. The van der Waals surface area contributed by atoms with Crippen LogP contribution in [0.5, 0.6) is 0 Å². The Balaban J connectivity index is 2.08. The number of hydrogen-bond acceptors (Lipinski definition) is 3. The van der Waals surface area contributed by atoms with E-state index in [0.717, 1.165) is 18.6 Å². The third-order valence-electron chi connectivity index (χ3n) is 3.71. The molecule has 0 aliphatic carbocycles. The Kier molecular flexibility index (Phi) is 6.55. The van der Waals surface area contributed by atoms with Crippen LogP contribution in [-0.2, 0) is 6.18 Å². The fourth-order valence-electron chi connectivity index (χ4n) is 2.24. The van der Waals surface area contributed by atoms with Crippen molar-refractivity contribution in [3.05, 3.63) is 59.4 Å². The Morgan fingerprint density at radius 3 is 2.52 bits per heavy atom. The standard InChI is InChI=1S/C19H20F3N3O2/c1-12(2)6-8-24-17(26)13-7-9-23-16(10-13)18(27)25-15-5-3-4-14(11-15)19(20,21)22/h3-5,7,9-12H,6,8H2,1-2H3,(H,24,26)(H,25,27). The smallest absolute Gasteiger partial charge is 0.352 e. The average molecular weight is 379 g/mol. The normalized spacial score (nSPS) is 11.3. The summed E-state index contributed by atoms with van der Waals surface area (Å²) >= 11 is 0. The van der Waals surface area contributed by atoms with Crippen molar-refractivity contribution < 1.29 is 22.8 Å². The number of anilines is 1. The van der Waals surface area contributed by atoms with Gasteiger partial charge in [0.2, 0.25) is 0 Å². The molecule has 0 fully saturated rings. The predicted octanol–water partition coefficient (Wildman–Crippen LogP) is 4.13. The van der Waals surface area contributed by atoms with E-state index in [-0.39, 0.29) is 22.9 Å². The third-order valence-corrected chi connectivity index (χ3v) is 3.71. The predicted molar refractivity (Wildman–Crippen MR) is 95.4 cm³/mol. The van der Waals surface area contributed by atoms with Crippen LogP contribution in [-0.4, -0.2) is 23.3 Å². The molecular weight excluding hydrogens is 359 g/mol. The maximum atomic E-state index is 12.8. The molecular formula is C19H20F3N3O2. The summed E-state index contributed by atoms with van der Waals surface area (Å²) in [6, 6.07) is 7.05. The van der Waals surface area contributed by atoms with Crippen molar-refractivity contribution in [1.29, 1.82) is 0 Å². The fourth-order valence-corrected chi connectivity index (χ4v) is 2.24. The lowest BCUT2D eigenvalue weighted by Gasteiger charge is -2.10. The molecule has 0 bridgehead atoms. The Bertz CT molecular complexity index is 820. The number of carbonyl (C=O) groups excluding carboxylic acids is 2. The number of pyridine rings is 1. The molecule has 1 aromatic heterocycles. The topological polar surface area (TPSA) is 71.1 Å². The summed E-state index contributed by atoms with van der Waals surface area (Å²) in [5.74, 6) is -0.603. The van der Waals surface area contributed by atoms with Gasteiger partial charge in [0, 0.05) is 24.0 Å². The molecule has 0 saturated heterocycles. The number of rotatable bonds is 6. The van der Waals surface area contributed by atoms with Crippen molar-refractivity contribution in [1.82, 2.24) is 10.3 Å². The zero-order chi connectivity index (χ0) is 20.0. The molecule has 1 aromatic carbocycles. The van der Waals surface area contributed by atoms with Crippen LogP contribution in [0.4, 0.5) is 18.9 Å². The molecule has 0 aliphatic heterocycles. The van der Waals surface area contributed by atoms with Crippen molar-refractivity contribution >= 4 is 17.5 Å². The Hall–Kier alpha value is -2.90. The molecule has 2 aromatic rings. The maximum Gasteiger partial charge on any atom is 0.416 e. The third kappa shape index (κ3) is 6.09. The molecule has 1 heterocycles. The van der Waals surface area contributed by atoms with Crippen LogP contribution in [0.2, 0.25) is 0 Å². The lowest BCUT2D eigenvalue weighted by atomic mass is 10.1. The van der Waals surface area contributed by atoms with Gasteiger partial charge in [0.25, 0.3) is 11.8 Å². The number of carbonyl (C=O) groups is 2. The summed E-state index contributed by atoms with van der Waals surface area (Å²) in [7, 11) is 0. The number of benzene rings is 1. The molecule has 0 radical (unpaired) electrons. The van der Waals surface area contributed by atoms with Crippen LogP contribution in [0, 0.1) is 5.92 Å². The highest BCUT2D eigenvalue weighted by molar-refractivity contribution is 6.04. The molecule has 8 heteroatoms. The molecule has 5 nitrogen and oxygen atoms in total. The van der Waals surface area contributed by atoms with Crippen molar-refractivity contribution in [2.24, 2.45) is 5.92 Å². The second kappa shape index (κ2) is 8.66. The van der Waals surface area contributed by atoms with Crippen LogP contribution < -0.4 is 10.6 Å². The van der Waals surface area contributed by atoms with Gasteiger partial charge in [0.15, 0.2) is 0 Å². The molecule has 0 spiro atoms. The van der Waals surface area contributed by atoms with Gasteiger partial charge in [-0.3, -0.25) is 14.6 Å². The van der Waals surface area contributed by atoms with Crippen LogP contribution >= 0.6 is 0 Å². The average Bonchev–Trinajstić information content (AvgIpc) is 2.61. The number of alkyl halides is 3. The number of amides is 2. The first-order valence-electron chi connectivity index (χ1n) is 8.39. The van der Waals surface area contributed by atoms with E-state index in [0.29, 0.717) is 12.5 Å². The Morgan fingerprint density at radius 2 is 1.85 bits per heavy atom. The molecule has 0 saturated carbocycles. The molecule has 144 valence electrons. The highest BCUT2D eigenvalue weighted by Gasteiger charge is 2.30. The van der Waals surface area contributed by atoms with Gasteiger partial charge < -0.3 is 10.6 Å². The van der Waals surface area contributed by atoms with Gasteiger partial charge in [0.1, 0.15) is 5.69 Å². The lowest BCUT2D eigenvalue weighted by molar-refractivity contribution is -0.137. The van der Waals surface area contributed by atoms with Crippen molar-refractivity contribution in [3.63, 3.8) is 0 Å². The zero-order valence-corrected chi connectivity index (χ0v) is 14.9. The van der Waals surface area contributed by atoms with Crippen molar-refractivity contribution in [2.45, 2.75) is 26.4 Å². The quantitative estimate of drug-likeness (QED) is 0.793. The zero-order valence-electron chi connectivity index (χ0n) is 14.9. The first kappa shape index (κ1) is 20.4. The van der Waals surface area contributed by atoms with E-state index in [2.05, 4.69) is 15.6 Å². The van der Waals surface area contributed by atoms with Crippen LogP contribution in [0.15, 0.2) is 42.6 Å². The van der Waals surface area contributed by atoms with E-state index in [1.807, 2.05) is 13.8 Å². The molecule has 2 amide bonds. The van der Waals surface area contributed by atoms with Gasteiger partial charge in [-0.15, -0.1) is 0 Å². The summed E-state index contributed by atoms with van der Waals surface area (Å²) < 4.78 is 38.3. The van der Waals surface area contributed by atoms with Crippen LogP contribution in [0.1, 0.15) is 46.7 Å². The van der Waals surface area contributed by atoms with E-state index in [4.69, 9.17) is 0 Å². The van der Waals surface area contributed by atoms with E-state index in [9.17, 15) is 22.8 Å². The van der Waals surface area contributed by atoms with E-state index in [1.54, 1.807) is 0 Å². The Labute approximate surface area is 155 Å². The second-order valence-corrected chi connectivity index (χ2v) is 6.40. The second-order valence-electron chi connectivity index (χ2n) is 6.40. The first-order valence-corrected chi connectivity index (χ1v) is 8.39. The fraction of sp³-hybridized carbons (Fsp3) is 0.316. The summed E-state index contributed by atoms with van der Waals surface area (Å²) in [5.41, 5.74) is -0.693. The van der Waals surface area contributed by atoms with Gasteiger partial charge in [-0.2, -0.15) is 13.2 Å². The minimum absolute atomic E-state index is 0.0107. The van der Waals surface area contributed by atoms with E-state index < -0.39 is 17.6 Å². The summed E-state index contributed by atoms with van der Waals surface area (Å²) in [5, 5.41) is 5.11. The lowest BCUT2D eigenvalue weighted by Crippen LogP contribution is -2.26. The van der Waals surface area contributed by atoms with Gasteiger partial charge >= 0.3 is 6.18 Å². The van der Waals surface area contributed by atoms with Crippen molar-refractivity contribution in [2.75, 3.05) is 11.9 Å².